The van der Waals surface area contributed by atoms with Crippen molar-refractivity contribution in [2.24, 2.45) is 5.10 Å². The minimum absolute atomic E-state index is 0.152. The molecule has 1 heterocycles. The van der Waals surface area contributed by atoms with Crippen molar-refractivity contribution in [1.29, 1.82) is 0 Å². The highest BCUT2D eigenvalue weighted by Crippen LogP contribution is 2.34. The first-order valence-electron chi connectivity index (χ1n) is 11.9. The van der Waals surface area contributed by atoms with Gasteiger partial charge in [0.15, 0.2) is 6.61 Å². The summed E-state index contributed by atoms with van der Waals surface area (Å²) in [5, 5.41) is 8.63. The molecule has 1 amide bonds. The summed E-state index contributed by atoms with van der Waals surface area (Å²) in [5.74, 6) is 0.297. The number of hydrazone groups is 1. The lowest BCUT2D eigenvalue weighted by molar-refractivity contribution is -0.135. The summed E-state index contributed by atoms with van der Waals surface area (Å²) in [6.07, 6.45) is 1.38. The second kappa shape index (κ2) is 10.0. The third-order valence-corrected chi connectivity index (χ3v) is 6.42. The molecule has 6 heteroatoms. The largest absolute Gasteiger partial charge is 0.484 e. The fourth-order valence-corrected chi connectivity index (χ4v) is 4.39. The molecular weight excluding hydrogens is 450 g/mol. The standard InChI is InChI=1S/C30H27N3O3/c1-32(2)26-13-11-23(12-14-26)29-18-28(25-10-9-22-5-3-4-6-24(22)17-25)31-33(29)30(35)20-36-27-15-7-21(19-34)8-16-27/h3-17,19,29H,18,20H2,1-2H3. The summed E-state index contributed by atoms with van der Waals surface area (Å²) >= 11 is 0. The van der Waals surface area contributed by atoms with Crippen LogP contribution in [0.15, 0.2) is 96.1 Å². The van der Waals surface area contributed by atoms with Crippen molar-refractivity contribution < 1.29 is 14.3 Å². The lowest BCUT2D eigenvalue weighted by Crippen LogP contribution is -2.31. The Morgan fingerprint density at radius 1 is 0.972 bits per heavy atom. The summed E-state index contributed by atoms with van der Waals surface area (Å²) in [6, 6.07) is 29.2. The Morgan fingerprint density at radius 3 is 2.39 bits per heavy atom. The third kappa shape index (κ3) is 4.84. The van der Waals surface area contributed by atoms with Crippen LogP contribution in [0.2, 0.25) is 0 Å². The maximum Gasteiger partial charge on any atom is 0.281 e. The normalized spacial score (nSPS) is 15.0. The number of carbonyl (C=O) groups excluding carboxylic acids is 2. The topological polar surface area (TPSA) is 62.2 Å². The third-order valence-electron chi connectivity index (χ3n) is 6.42. The Labute approximate surface area is 210 Å². The monoisotopic (exact) mass is 477 g/mol. The van der Waals surface area contributed by atoms with E-state index in [0.717, 1.165) is 39.6 Å². The average Bonchev–Trinajstić information content (AvgIpc) is 3.37. The molecule has 180 valence electrons. The molecule has 4 aromatic carbocycles. The van der Waals surface area contributed by atoms with Gasteiger partial charge in [-0.15, -0.1) is 0 Å². The van der Waals surface area contributed by atoms with Gasteiger partial charge < -0.3 is 9.64 Å². The van der Waals surface area contributed by atoms with Crippen LogP contribution in [0.3, 0.4) is 0 Å². The molecular formula is C30H27N3O3. The van der Waals surface area contributed by atoms with Crippen LogP contribution in [0.1, 0.15) is 33.9 Å². The average molecular weight is 478 g/mol. The summed E-state index contributed by atoms with van der Waals surface area (Å²) in [4.78, 5) is 26.3. The maximum atomic E-state index is 13.3. The predicted molar refractivity (Wildman–Crippen MR) is 143 cm³/mol. The van der Waals surface area contributed by atoms with Crippen molar-refractivity contribution in [3.05, 3.63) is 108 Å². The zero-order valence-electron chi connectivity index (χ0n) is 20.3. The van der Waals surface area contributed by atoms with E-state index >= 15 is 0 Å². The molecule has 1 aliphatic heterocycles. The van der Waals surface area contributed by atoms with Crippen LogP contribution in [0, 0.1) is 0 Å². The molecule has 4 aromatic rings. The summed E-state index contributed by atoms with van der Waals surface area (Å²) in [5.41, 5.74) is 4.53. The van der Waals surface area contributed by atoms with Crippen LogP contribution in [-0.2, 0) is 4.79 Å². The van der Waals surface area contributed by atoms with E-state index in [9.17, 15) is 9.59 Å². The molecule has 6 nitrogen and oxygen atoms in total. The van der Waals surface area contributed by atoms with Gasteiger partial charge in [0, 0.05) is 31.8 Å². The van der Waals surface area contributed by atoms with E-state index in [1.807, 2.05) is 31.1 Å². The number of aldehydes is 1. The van der Waals surface area contributed by atoms with Gasteiger partial charge in [-0.2, -0.15) is 5.10 Å². The highest BCUT2D eigenvalue weighted by Gasteiger charge is 2.33. The van der Waals surface area contributed by atoms with E-state index in [1.54, 1.807) is 29.3 Å². The number of hydrogen-bond donors (Lipinski definition) is 0. The van der Waals surface area contributed by atoms with E-state index in [-0.39, 0.29) is 18.6 Å². The molecule has 0 N–H and O–H groups in total. The number of rotatable bonds is 7. The summed E-state index contributed by atoms with van der Waals surface area (Å²) in [7, 11) is 4.00. The number of fused-ring (bicyclic) bond motifs is 1. The zero-order valence-corrected chi connectivity index (χ0v) is 20.3. The molecule has 5 rings (SSSR count). The van der Waals surface area contributed by atoms with Gasteiger partial charge >= 0.3 is 0 Å². The Hall–Kier alpha value is -4.45. The first-order valence-corrected chi connectivity index (χ1v) is 11.9. The molecule has 1 aliphatic rings. The Kier molecular flexibility index (Phi) is 6.50. The van der Waals surface area contributed by atoms with Gasteiger partial charge in [0.1, 0.15) is 12.0 Å². The number of ether oxygens (including phenoxy) is 1. The molecule has 0 aliphatic carbocycles. The summed E-state index contributed by atoms with van der Waals surface area (Å²) in [6.45, 7) is -0.152. The van der Waals surface area contributed by atoms with Crippen LogP contribution in [0.25, 0.3) is 10.8 Å². The molecule has 0 fully saturated rings. The van der Waals surface area contributed by atoms with E-state index in [1.165, 1.54) is 0 Å². The predicted octanol–water partition coefficient (Wildman–Crippen LogP) is 5.48. The number of carbonyl (C=O) groups is 2. The lowest BCUT2D eigenvalue weighted by atomic mass is 9.96. The Bertz CT molecular complexity index is 1430. The lowest BCUT2D eigenvalue weighted by Gasteiger charge is -2.23. The minimum Gasteiger partial charge on any atom is -0.484 e. The van der Waals surface area contributed by atoms with E-state index in [0.29, 0.717) is 17.7 Å². The Morgan fingerprint density at radius 2 is 1.69 bits per heavy atom. The molecule has 0 saturated carbocycles. The number of nitrogens with zero attached hydrogens (tertiary/aromatic N) is 3. The van der Waals surface area contributed by atoms with E-state index < -0.39 is 0 Å². The first-order chi connectivity index (χ1) is 17.5. The maximum absolute atomic E-state index is 13.3. The SMILES string of the molecule is CN(C)c1ccc(C2CC(c3ccc4ccccc4c3)=NN2C(=O)COc2ccc(C=O)cc2)cc1. The second-order valence-electron chi connectivity index (χ2n) is 9.03. The van der Waals surface area contributed by atoms with Crippen LogP contribution < -0.4 is 9.64 Å². The molecule has 0 radical (unpaired) electrons. The molecule has 1 atom stereocenters. The van der Waals surface area contributed by atoms with Crippen molar-refractivity contribution in [2.45, 2.75) is 12.5 Å². The van der Waals surface area contributed by atoms with Gasteiger partial charge in [-0.1, -0.05) is 48.5 Å². The molecule has 0 aromatic heterocycles. The van der Waals surface area contributed by atoms with Crippen LogP contribution in [0.4, 0.5) is 5.69 Å². The smallest absolute Gasteiger partial charge is 0.281 e. The van der Waals surface area contributed by atoms with Crippen LogP contribution in [-0.4, -0.2) is 43.6 Å². The fraction of sp³-hybridized carbons (Fsp3) is 0.167. The fourth-order valence-electron chi connectivity index (χ4n) is 4.39. The van der Waals surface area contributed by atoms with Gasteiger partial charge in [0.25, 0.3) is 5.91 Å². The van der Waals surface area contributed by atoms with E-state index in [2.05, 4.69) is 54.6 Å². The van der Waals surface area contributed by atoms with Gasteiger partial charge in [0.2, 0.25) is 0 Å². The van der Waals surface area contributed by atoms with Gasteiger partial charge in [-0.25, -0.2) is 5.01 Å². The summed E-state index contributed by atoms with van der Waals surface area (Å²) < 4.78 is 5.73. The van der Waals surface area contributed by atoms with Crippen LogP contribution >= 0.6 is 0 Å². The van der Waals surface area contributed by atoms with Crippen molar-refractivity contribution in [1.82, 2.24) is 5.01 Å². The zero-order chi connectivity index (χ0) is 25.1. The number of amides is 1. The number of anilines is 1. The molecule has 0 spiro atoms. The van der Waals surface area contributed by atoms with Crippen LogP contribution in [0.5, 0.6) is 5.75 Å². The highest BCUT2D eigenvalue weighted by atomic mass is 16.5. The van der Waals surface area contributed by atoms with Crippen molar-refractivity contribution in [2.75, 3.05) is 25.6 Å². The highest BCUT2D eigenvalue weighted by molar-refractivity contribution is 6.05. The molecule has 0 saturated heterocycles. The molecule has 36 heavy (non-hydrogen) atoms. The molecule has 0 bridgehead atoms. The molecule has 1 unspecified atom stereocenters. The number of benzene rings is 4. The number of hydrogen-bond acceptors (Lipinski definition) is 5. The quantitative estimate of drug-likeness (QED) is 0.331. The van der Waals surface area contributed by atoms with Gasteiger partial charge in [0.05, 0.1) is 11.8 Å². The minimum atomic E-state index is -0.230. The van der Waals surface area contributed by atoms with Gasteiger partial charge in [-0.05, 0) is 64.4 Å². The van der Waals surface area contributed by atoms with Crippen molar-refractivity contribution in [3.8, 4) is 5.75 Å². The van der Waals surface area contributed by atoms with E-state index in [4.69, 9.17) is 9.84 Å². The van der Waals surface area contributed by atoms with Crippen molar-refractivity contribution >= 4 is 34.4 Å². The second-order valence-corrected chi connectivity index (χ2v) is 9.03. The Balaban J connectivity index is 1.42. The first kappa shape index (κ1) is 23.3. The van der Waals surface area contributed by atoms with Crippen molar-refractivity contribution in [3.63, 3.8) is 0 Å². The van der Waals surface area contributed by atoms with Gasteiger partial charge in [-0.3, -0.25) is 9.59 Å².